The average molecular weight is 397 g/mol. The third-order valence-corrected chi connectivity index (χ3v) is 5.79. The van der Waals surface area contributed by atoms with Crippen molar-refractivity contribution in [3.05, 3.63) is 24.3 Å². The maximum absolute atomic E-state index is 13.1. The van der Waals surface area contributed by atoms with E-state index in [1.54, 1.807) is 4.90 Å². The Kier molecular flexibility index (Phi) is 6.25. The van der Waals surface area contributed by atoms with Crippen molar-refractivity contribution in [3.8, 4) is 5.75 Å². The SMILES string of the molecule is CC(C)Oc1ccc(N2CC[C@]3(CC[C@](O)(COCC(F)F)CC3)C2=O)cc1. The molecule has 1 amide bonds. The summed E-state index contributed by atoms with van der Waals surface area (Å²) < 4.78 is 35.0. The molecule has 1 spiro atoms. The Hall–Kier alpha value is -1.73. The summed E-state index contributed by atoms with van der Waals surface area (Å²) in [6, 6.07) is 7.53. The van der Waals surface area contributed by atoms with Gasteiger partial charge in [0.25, 0.3) is 6.43 Å². The third-order valence-electron chi connectivity index (χ3n) is 5.79. The van der Waals surface area contributed by atoms with E-state index < -0.39 is 24.0 Å². The summed E-state index contributed by atoms with van der Waals surface area (Å²) in [6.45, 7) is 3.79. The van der Waals surface area contributed by atoms with Crippen molar-refractivity contribution >= 4 is 11.6 Å². The second kappa shape index (κ2) is 8.33. The van der Waals surface area contributed by atoms with Crippen LogP contribution in [0.1, 0.15) is 46.0 Å². The van der Waals surface area contributed by atoms with E-state index in [9.17, 15) is 18.7 Å². The summed E-state index contributed by atoms with van der Waals surface area (Å²) in [4.78, 5) is 14.9. The molecule has 1 aromatic rings. The fraction of sp³-hybridized carbons (Fsp3) is 0.667. The number of benzene rings is 1. The van der Waals surface area contributed by atoms with E-state index in [1.807, 2.05) is 38.1 Å². The van der Waals surface area contributed by atoms with Crippen LogP contribution >= 0.6 is 0 Å². The Balaban J connectivity index is 1.59. The maximum atomic E-state index is 13.1. The van der Waals surface area contributed by atoms with E-state index in [0.717, 1.165) is 17.9 Å². The topological polar surface area (TPSA) is 59.0 Å². The van der Waals surface area contributed by atoms with Crippen LogP contribution in [0.5, 0.6) is 5.75 Å². The number of hydrogen-bond acceptors (Lipinski definition) is 4. The zero-order chi connectivity index (χ0) is 20.4. The molecule has 5 nitrogen and oxygen atoms in total. The van der Waals surface area contributed by atoms with Gasteiger partial charge in [0, 0.05) is 12.2 Å². The number of anilines is 1. The van der Waals surface area contributed by atoms with Gasteiger partial charge < -0.3 is 19.5 Å². The van der Waals surface area contributed by atoms with Crippen LogP contribution in [-0.2, 0) is 9.53 Å². The van der Waals surface area contributed by atoms with Crippen molar-refractivity contribution in [1.82, 2.24) is 0 Å². The lowest BCUT2D eigenvalue weighted by Crippen LogP contribution is -2.46. The number of halogens is 2. The van der Waals surface area contributed by atoms with Crippen molar-refractivity contribution in [2.75, 3.05) is 24.7 Å². The van der Waals surface area contributed by atoms with E-state index in [-0.39, 0.29) is 18.6 Å². The van der Waals surface area contributed by atoms with Gasteiger partial charge in [-0.1, -0.05) is 0 Å². The number of alkyl halides is 2. The number of carbonyl (C=O) groups excluding carboxylic acids is 1. The Morgan fingerprint density at radius 3 is 2.32 bits per heavy atom. The lowest BCUT2D eigenvalue weighted by molar-refractivity contribution is -0.135. The maximum Gasteiger partial charge on any atom is 0.261 e. The molecule has 0 bridgehead atoms. The third kappa shape index (κ3) is 4.63. The Morgan fingerprint density at radius 2 is 1.75 bits per heavy atom. The molecule has 1 aliphatic heterocycles. The molecule has 1 saturated heterocycles. The predicted octanol–water partition coefficient (Wildman–Crippen LogP) is 3.78. The summed E-state index contributed by atoms with van der Waals surface area (Å²) in [7, 11) is 0. The molecule has 0 atom stereocenters. The van der Waals surface area contributed by atoms with Crippen LogP contribution in [0, 0.1) is 5.41 Å². The van der Waals surface area contributed by atoms with Gasteiger partial charge in [-0.05, 0) is 70.2 Å². The summed E-state index contributed by atoms with van der Waals surface area (Å²) in [5.41, 5.74) is -0.745. The monoisotopic (exact) mass is 397 g/mol. The molecule has 3 rings (SSSR count). The molecule has 1 aromatic carbocycles. The lowest BCUT2D eigenvalue weighted by atomic mass is 9.68. The first kappa shape index (κ1) is 21.0. The highest BCUT2D eigenvalue weighted by atomic mass is 19.3. The summed E-state index contributed by atoms with van der Waals surface area (Å²) in [5, 5.41) is 10.6. The lowest BCUT2D eigenvalue weighted by Gasteiger charge is -2.40. The Bertz CT molecular complexity index is 669. The van der Waals surface area contributed by atoms with Gasteiger partial charge in [0.1, 0.15) is 12.4 Å². The number of ether oxygens (including phenoxy) is 2. The predicted molar refractivity (Wildman–Crippen MR) is 102 cm³/mol. The first-order valence-corrected chi connectivity index (χ1v) is 9.90. The van der Waals surface area contributed by atoms with Crippen LogP contribution in [0.15, 0.2) is 24.3 Å². The van der Waals surface area contributed by atoms with E-state index in [4.69, 9.17) is 9.47 Å². The van der Waals surface area contributed by atoms with Crippen LogP contribution in [0.25, 0.3) is 0 Å². The van der Waals surface area contributed by atoms with Crippen molar-refractivity contribution < 1.29 is 28.2 Å². The number of hydrogen-bond donors (Lipinski definition) is 1. The van der Waals surface area contributed by atoms with Crippen molar-refractivity contribution in [2.24, 2.45) is 5.41 Å². The van der Waals surface area contributed by atoms with E-state index in [1.165, 1.54) is 0 Å². The standard InChI is InChI=1S/C21H29F2NO4/c1-15(2)28-17-5-3-16(4-6-17)24-12-11-20(19(24)25)7-9-21(26,10-8-20)14-27-13-18(22)23/h3-6,15,18,26H,7-14H2,1-2H3/t20-,21-. The number of aliphatic hydroxyl groups is 1. The molecular formula is C21H29F2NO4. The van der Waals surface area contributed by atoms with Crippen molar-refractivity contribution in [1.29, 1.82) is 0 Å². The first-order chi connectivity index (χ1) is 13.2. The van der Waals surface area contributed by atoms with Gasteiger partial charge in [-0.25, -0.2) is 8.78 Å². The highest BCUT2D eigenvalue weighted by Gasteiger charge is 2.51. The smallest absolute Gasteiger partial charge is 0.261 e. The molecule has 1 saturated carbocycles. The Labute approximate surface area is 164 Å². The molecular weight excluding hydrogens is 368 g/mol. The van der Waals surface area contributed by atoms with Crippen molar-refractivity contribution in [2.45, 2.75) is 64.1 Å². The number of amides is 1. The fourth-order valence-electron chi connectivity index (χ4n) is 4.18. The van der Waals surface area contributed by atoms with Crippen molar-refractivity contribution in [3.63, 3.8) is 0 Å². The minimum absolute atomic E-state index is 0.0839. The van der Waals surface area contributed by atoms with Crippen LogP contribution in [0.4, 0.5) is 14.5 Å². The van der Waals surface area contributed by atoms with Crippen LogP contribution in [0.2, 0.25) is 0 Å². The zero-order valence-corrected chi connectivity index (χ0v) is 16.5. The minimum Gasteiger partial charge on any atom is -0.491 e. The van der Waals surface area contributed by atoms with Gasteiger partial charge in [0.15, 0.2) is 0 Å². The molecule has 2 aliphatic rings. The average Bonchev–Trinajstić information content (AvgIpc) is 2.95. The van der Waals surface area contributed by atoms with Gasteiger partial charge in [-0.2, -0.15) is 0 Å². The number of rotatable bonds is 7. The van der Waals surface area contributed by atoms with Gasteiger partial charge in [-0.3, -0.25) is 4.79 Å². The number of carbonyl (C=O) groups is 1. The molecule has 0 unspecified atom stereocenters. The van der Waals surface area contributed by atoms with Gasteiger partial charge >= 0.3 is 0 Å². The van der Waals surface area contributed by atoms with Crippen LogP contribution in [0.3, 0.4) is 0 Å². The zero-order valence-electron chi connectivity index (χ0n) is 16.5. The molecule has 1 aliphatic carbocycles. The highest BCUT2D eigenvalue weighted by molar-refractivity contribution is 6.00. The summed E-state index contributed by atoms with van der Waals surface area (Å²) in [5.74, 6) is 0.854. The molecule has 156 valence electrons. The fourth-order valence-corrected chi connectivity index (χ4v) is 4.18. The molecule has 2 fully saturated rings. The normalized spacial score (nSPS) is 28.0. The van der Waals surface area contributed by atoms with Gasteiger partial charge in [0.05, 0.1) is 23.7 Å². The van der Waals surface area contributed by atoms with E-state index in [2.05, 4.69) is 0 Å². The molecule has 0 radical (unpaired) electrons. The quantitative estimate of drug-likeness (QED) is 0.761. The van der Waals surface area contributed by atoms with E-state index in [0.29, 0.717) is 32.2 Å². The second-order valence-electron chi connectivity index (χ2n) is 8.28. The molecule has 7 heteroatoms. The molecule has 28 heavy (non-hydrogen) atoms. The summed E-state index contributed by atoms with van der Waals surface area (Å²) in [6.07, 6.45) is 0.156. The number of nitrogens with zero attached hydrogens (tertiary/aromatic N) is 1. The second-order valence-corrected chi connectivity index (χ2v) is 8.28. The van der Waals surface area contributed by atoms with Crippen LogP contribution < -0.4 is 9.64 Å². The highest BCUT2D eigenvalue weighted by Crippen LogP contribution is 2.48. The summed E-state index contributed by atoms with van der Waals surface area (Å²) >= 11 is 0. The van der Waals surface area contributed by atoms with Gasteiger partial charge in [-0.15, -0.1) is 0 Å². The van der Waals surface area contributed by atoms with Gasteiger partial charge in [0.2, 0.25) is 5.91 Å². The van der Waals surface area contributed by atoms with Crippen LogP contribution in [-0.4, -0.2) is 48.9 Å². The van der Waals surface area contributed by atoms with E-state index >= 15 is 0 Å². The molecule has 0 aromatic heterocycles. The Morgan fingerprint density at radius 1 is 1.11 bits per heavy atom. The molecule has 1 heterocycles. The minimum atomic E-state index is -2.54. The first-order valence-electron chi connectivity index (χ1n) is 9.90. The molecule has 1 N–H and O–H groups in total. The largest absolute Gasteiger partial charge is 0.491 e.